The molecule has 0 aliphatic rings. The maximum atomic E-state index is 13.6. The van der Waals surface area contributed by atoms with Gasteiger partial charge < -0.3 is 14.5 Å². The Morgan fingerprint density at radius 1 is 1.04 bits per heavy atom. The standard InChI is InChI=1S/C15H8F5N2O4P/c16-9-10(17)12(19)14(13(20)11(9)18)26-15(23)8-4-7-3-6(5-27(24)25)1-2-22(7)21-8/h1-4,24-25H,5H2. The highest BCUT2D eigenvalue weighted by molar-refractivity contribution is 7.44. The van der Waals surface area contributed by atoms with Gasteiger partial charge in [-0.15, -0.1) is 0 Å². The summed E-state index contributed by atoms with van der Waals surface area (Å²) in [5.74, 6) is -14.6. The molecule has 0 saturated heterocycles. The molecule has 1 aromatic carbocycles. The number of carbonyl (C=O) groups is 1. The zero-order chi connectivity index (χ0) is 19.9. The maximum Gasteiger partial charge on any atom is 0.364 e. The molecule has 0 atom stereocenters. The van der Waals surface area contributed by atoms with E-state index in [-0.39, 0.29) is 6.16 Å². The number of carbonyl (C=O) groups excluding carboxylic acids is 1. The van der Waals surface area contributed by atoms with Crippen LogP contribution in [-0.2, 0) is 6.16 Å². The SMILES string of the molecule is O=C(Oc1c(F)c(F)c(F)c(F)c1F)c1cc2cc(CP(O)O)ccn2n1. The predicted octanol–water partition coefficient (Wildman–Crippen LogP) is 3.05. The molecule has 0 unspecified atom stereocenters. The van der Waals surface area contributed by atoms with Crippen molar-refractivity contribution in [3.63, 3.8) is 0 Å². The topological polar surface area (TPSA) is 84.1 Å². The van der Waals surface area contributed by atoms with Crippen LogP contribution >= 0.6 is 8.38 Å². The number of hydrogen-bond acceptors (Lipinski definition) is 5. The summed E-state index contributed by atoms with van der Waals surface area (Å²) in [5.41, 5.74) is 0.346. The molecule has 2 aromatic heterocycles. The lowest BCUT2D eigenvalue weighted by atomic mass is 10.2. The first-order chi connectivity index (χ1) is 12.7. The number of pyridine rings is 1. The van der Waals surface area contributed by atoms with Gasteiger partial charge in [0.15, 0.2) is 14.1 Å². The molecule has 3 aromatic rings. The fourth-order valence-electron chi connectivity index (χ4n) is 2.22. The molecule has 0 bridgehead atoms. The smallest absolute Gasteiger partial charge is 0.364 e. The Kier molecular flexibility index (Phi) is 5.09. The first kappa shape index (κ1) is 19.2. The van der Waals surface area contributed by atoms with Crippen molar-refractivity contribution < 1.29 is 41.3 Å². The minimum absolute atomic E-state index is 0.0403. The summed E-state index contributed by atoms with van der Waals surface area (Å²) in [6, 6.07) is 4.08. The summed E-state index contributed by atoms with van der Waals surface area (Å²) in [6.45, 7) is 0. The van der Waals surface area contributed by atoms with Crippen LogP contribution in [0.2, 0.25) is 0 Å². The third kappa shape index (κ3) is 3.61. The second kappa shape index (κ2) is 7.18. The Labute approximate surface area is 148 Å². The van der Waals surface area contributed by atoms with Crippen molar-refractivity contribution >= 4 is 19.9 Å². The molecule has 142 valence electrons. The van der Waals surface area contributed by atoms with Gasteiger partial charge in [-0.25, -0.2) is 22.5 Å². The lowest BCUT2D eigenvalue weighted by Gasteiger charge is -2.07. The minimum atomic E-state index is -2.38. The average Bonchev–Trinajstić information content (AvgIpc) is 3.04. The number of hydrogen-bond donors (Lipinski definition) is 2. The fraction of sp³-hybridized carbons (Fsp3) is 0.0667. The summed E-state index contributed by atoms with van der Waals surface area (Å²) in [4.78, 5) is 30.0. The van der Waals surface area contributed by atoms with E-state index in [1.165, 1.54) is 22.8 Å². The number of rotatable bonds is 4. The van der Waals surface area contributed by atoms with E-state index in [1.807, 2.05) is 0 Å². The molecule has 0 spiro atoms. The van der Waals surface area contributed by atoms with Crippen molar-refractivity contribution in [3.05, 3.63) is 64.7 Å². The summed E-state index contributed by atoms with van der Waals surface area (Å²) in [5, 5.41) is 3.77. The van der Waals surface area contributed by atoms with Gasteiger partial charge in [-0.3, -0.25) is 0 Å². The summed E-state index contributed by atoms with van der Waals surface area (Å²) >= 11 is 0. The average molecular weight is 406 g/mol. The number of ether oxygens (including phenoxy) is 1. The number of nitrogens with zero attached hydrogens (tertiary/aromatic N) is 2. The Morgan fingerprint density at radius 2 is 1.63 bits per heavy atom. The Hall–Kier alpha value is -2.62. The van der Waals surface area contributed by atoms with Crippen molar-refractivity contribution in [3.8, 4) is 5.75 Å². The molecule has 0 amide bonds. The van der Waals surface area contributed by atoms with Crippen molar-refractivity contribution in [2.45, 2.75) is 6.16 Å². The number of aromatic nitrogens is 2. The number of benzene rings is 1. The van der Waals surface area contributed by atoms with Gasteiger partial charge in [-0.2, -0.15) is 13.9 Å². The van der Waals surface area contributed by atoms with Crippen LogP contribution in [-0.4, -0.2) is 25.4 Å². The van der Waals surface area contributed by atoms with E-state index in [2.05, 4.69) is 9.84 Å². The highest BCUT2D eigenvalue weighted by Gasteiger charge is 2.29. The molecule has 0 fully saturated rings. The molecule has 6 nitrogen and oxygen atoms in total. The van der Waals surface area contributed by atoms with Gasteiger partial charge in [0.25, 0.3) is 0 Å². The van der Waals surface area contributed by atoms with Crippen LogP contribution in [0, 0.1) is 29.1 Å². The van der Waals surface area contributed by atoms with E-state index in [0.717, 1.165) is 6.07 Å². The first-order valence-corrected chi connectivity index (χ1v) is 8.49. The fourth-order valence-corrected chi connectivity index (χ4v) is 2.74. The molecule has 0 aliphatic carbocycles. The second-order valence-electron chi connectivity index (χ2n) is 5.25. The largest absolute Gasteiger partial charge is 0.415 e. The number of esters is 1. The Morgan fingerprint density at radius 3 is 2.22 bits per heavy atom. The Balaban J connectivity index is 1.93. The van der Waals surface area contributed by atoms with Crippen molar-refractivity contribution in [2.75, 3.05) is 0 Å². The van der Waals surface area contributed by atoms with E-state index in [4.69, 9.17) is 9.79 Å². The van der Waals surface area contributed by atoms with Crippen LogP contribution in [0.3, 0.4) is 0 Å². The predicted molar refractivity (Wildman–Crippen MR) is 81.4 cm³/mol. The van der Waals surface area contributed by atoms with Crippen LogP contribution in [0.1, 0.15) is 16.1 Å². The first-order valence-electron chi connectivity index (χ1n) is 7.06. The molecule has 2 heterocycles. The van der Waals surface area contributed by atoms with Crippen LogP contribution in [0.15, 0.2) is 24.4 Å². The molecule has 2 N–H and O–H groups in total. The summed E-state index contributed by atoms with van der Waals surface area (Å²) in [6.07, 6.45) is 1.33. The van der Waals surface area contributed by atoms with Crippen LogP contribution in [0.4, 0.5) is 22.0 Å². The summed E-state index contributed by atoms with van der Waals surface area (Å²) in [7, 11) is -2.19. The quantitative estimate of drug-likeness (QED) is 0.174. The van der Waals surface area contributed by atoms with Gasteiger partial charge in [-0.05, 0) is 23.8 Å². The molecular weight excluding hydrogens is 398 g/mol. The molecular formula is C15H8F5N2O4P. The minimum Gasteiger partial charge on any atom is -0.415 e. The van der Waals surface area contributed by atoms with Crippen LogP contribution < -0.4 is 4.74 Å². The highest BCUT2D eigenvalue weighted by atomic mass is 31.2. The van der Waals surface area contributed by atoms with Crippen LogP contribution in [0.25, 0.3) is 5.52 Å². The van der Waals surface area contributed by atoms with Gasteiger partial charge >= 0.3 is 5.97 Å². The highest BCUT2D eigenvalue weighted by Crippen LogP contribution is 2.31. The van der Waals surface area contributed by atoms with E-state index >= 15 is 0 Å². The van der Waals surface area contributed by atoms with Gasteiger partial charge in [0.1, 0.15) is 0 Å². The van der Waals surface area contributed by atoms with E-state index in [0.29, 0.717) is 11.1 Å². The van der Waals surface area contributed by atoms with E-state index in [1.54, 1.807) is 0 Å². The molecule has 3 rings (SSSR count). The molecule has 0 saturated carbocycles. The van der Waals surface area contributed by atoms with Gasteiger partial charge in [0.2, 0.25) is 34.8 Å². The lowest BCUT2D eigenvalue weighted by molar-refractivity contribution is 0.0709. The maximum absolute atomic E-state index is 13.6. The zero-order valence-electron chi connectivity index (χ0n) is 13.0. The third-order valence-electron chi connectivity index (χ3n) is 3.43. The summed E-state index contributed by atoms with van der Waals surface area (Å²) < 4.78 is 72.0. The monoisotopic (exact) mass is 406 g/mol. The zero-order valence-corrected chi connectivity index (χ0v) is 13.9. The Bertz CT molecular complexity index is 1030. The van der Waals surface area contributed by atoms with Crippen molar-refractivity contribution in [2.24, 2.45) is 0 Å². The molecule has 12 heteroatoms. The van der Waals surface area contributed by atoms with Gasteiger partial charge in [0, 0.05) is 12.4 Å². The number of halogens is 5. The van der Waals surface area contributed by atoms with Crippen LogP contribution in [0.5, 0.6) is 5.75 Å². The second-order valence-corrected chi connectivity index (χ2v) is 6.31. The number of fused-ring (bicyclic) bond motifs is 1. The molecule has 27 heavy (non-hydrogen) atoms. The van der Waals surface area contributed by atoms with Crippen molar-refractivity contribution in [1.29, 1.82) is 0 Å². The molecule has 0 aliphatic heterocycles. The normalized spacial score (nSPS) is 11.4. The van der Waals surface area contributed by atoms with E-state index < -0.39 is 54.9 Å². The molecule has 0 radical (unpaired) electrons. The van der Waals surface area contributed by atoms with Gasteiger partial charge in [0.05, 0.1) is 5.52 Å². The lowest BCUT2D eigenvalue weighted by Crippen LogP contribution is -2.14. The third-order valence-corrected chi connectivity index (χ3v) is 4.07. The van der Waals surface area contributed by atoms with E-state index in [9.17, 15) is 26.7 Å². The van der Waals surface area contributed by atoms with Gasteiger partial charge in [-0.1, -0.05) is 0 Å². The van der Waals surface area contributed by atoms with Crippen molar-refractivity contribution in [1.82, 2.24) is 9.61 Å².